The Hall–Kier alpha value is -3.73. The Morgan fingerprint density at radius 1 is 1.14 bits per heavy atom. The molecule has 0 amide bonds. The van der Waals surface area contributed by atoms with Crippen LogP contribution < -0.4 is 0 Å². The van der Waals surface area contributed by atoms with Crippen LogP contribution in [0.25, 0.3) is 11.3 Å². The van der Waals surface area contributed by atoms with Crippen LogP contribution in [-0.4, -0.2) is 56.7 Å². The molecular weight excluding hydrogens is 476 g/mol. The lowest BCUT2D eigenvalue weighted by molar-refractivity contribution is 0.151. The summed E-state index contributed by atoms with van der Waals surface area (Å²) in [5, 5.41) is 5.39. The highest BCUT2D eigenvalue weighted by molar-refractivity contribution is 7.90. The smallest absolute Gasteiger partial charge is 0.265 e. The second-order valence-corrected chi connectivity index (χ2v) is 9.41. The van der Waals surface area contributed by atoms with Crippen molar-refractivity contribution >= 4 is 34.5 Å². The van der Waals surface area contributed by atoms with Crippen molar-refractivity contribution < 1.29 is 21.9 Å². The Kier molecular flexibility index (Phi) is 9.52. The minimum Gasteiger partial charge on any atom is -0.492 e. The van der Waals surface area contributed by atoms with Gasteiger partial charge in [0.1, 0.15) is 6.61 Å². The first-order valence-electron chi connectivity index (χ1n) is 10.3. The third kappa shape index (κ3) is 7.64. The average molecular weight is 504 g/mol. The van der Waals surface area contributed by atoms with Gasteiger partial charge in [-0.15, -0.1) is 0 Å². The number of hydrogen-bond acceptors (Lipinski definition) is 8. The van der Waals surface area contributed by atoms with Crippen molar-refractivity contribution in [1.82, 2.24) is 15.0 Å². The fraction of sp³-hybridized carbons (Fsp3) is 0.250. The summed E-state index contributed by atoms with van der Waals surface area (Å²) < 4.78 is 54.7. The number of ether oxygens (including phenoxy) is 1. The van der Waals surface area contributed by atoms with Crippen LogP contribution in [0.1, 0.15) is 37.1 Å². The van der Waals surface area contributed by atoms with E-state index in [1.165, 1.54) is 29.4 Å². The highest BCUT2D eigenvalue weighted by atomic mass is 32.2. The van der Waals surface area contributed by atoms with Gasteiger partial charge in [-0.2, -0.15) is 5.10 Å². The maximum atomic E-state index is 12.8. The van der Waals surface area contributed by atoms with Crippen LogP contribution in [0.5, 0.6) is 0 Å². The molecule has 0 saturated heterocycles. The van der Waals surface area contributed by atoms with Gasteiger partial charge in [0.15, 0.2) is 14.9 Å². The number of nitrogens with zero attached hydrogens (tertiary/aromatic N) is 5. The summed E-state index contributed by atoms with van der Waals surface area (Å²) >= 11 is 0. The van der Waals surface area contributed by atoms with E-state index in [4.69, 9.17) is 4.74 Å². The molecule has 0 N–H and O–H groups in total. The molecule has 2 aromatic rings. The average Bonchev–Trinajstić information content (AvgIpc) is 2.83. The number of hydrazone groups is 1. The van der Waals surface area contributed by atoms with Gasteiger partial charge in [-0.1, -0.05) is 0 Å². The van der Waals surface area contributed by atoms with E-state index in [2.05, 4.69) is 33.5 Å². The van der Waals surface area contributed by atoms with Gasteiger partial charge in [-0.25, -0.2) is 22.2 Å². The Labute approximate surface area is 204 Å². The van der Waals surface area contributed by atoms with Crippen molar-refractivity contribution in [3.8, 4) is 0 Å². The standard InChI is InChI=1S/C24H27F2N5O3S/c1-16(7-10-21(27-3)18-9-12-23(30-13-18)35(6,32)33)34-15-22(31(5)28-4)17(2)20-11-8-19(14-29-20)24(25)26/h7-14,24H,3-4,15H2,1-2,5-6H3/b16-7+,21-10-,22-17+. The highest BCUT2D eigenvalue weighted by Crippen LogP contribution is 2.23. The zero-order valence-corrected chi connectivity index (χ0v) is 20.8. The Morgan fingerprint density at radius 2 is 1.86 bits per heavy atom. The lowest BCUT2D eigenvalue weighted by Crippen LogP contribution is -2.17. The molecule has 0 atom stereocenters. The minimum absolute atomic E-state index is 0.0345. The van der Waals surface area contributed by atoms with Gasteiger partial charge in [0.25, 0.3) is 6.43 Å². The van der Waals surface area contributed by atoms with Gasteiger partial charge in [-0.3, -0.25) is 15.0 Å². The molecule has 186 valence electrons. The molecule has 0 aromatic carbocycles. The zero-order chi connectivity index (χ0) is 26.2. The number of alkyl halides is 2. The number of hydrogen-bond donors (Lipinski definition) is 0. The summed E-state index contributed by atoms with van der Waals surface area (Å²) in [4.78, 5) is 12.0. The van der Waals surface area contributed by atoms with Crippen LogP contribution >= 0.6 is 0 Å². The van der Waals surface area contributed by atoms with Crippen LogP contribution in [-0.2, 0) is 14.6 Å². The molecule has 0 saturated carbocycles. The van der Waals surface area contributed by atoms with Crippen LogP contribution in [0, 0.1) is 0 Å². The molecule has 0 radical (unpaired) electrons. The summed E-state index contributed by atoms with van der Waals surface area (Å²) in [5.41, 5.74) is 2.73. The summed E-state index contributed by atoms with van der Waals surface area (Å²) in [6.45, 7) is 10.7. The second kappa shape index (κ2) is 12.1. The first kappa shape index (κ1) is 27.5. The van der Waals surface area contributed by atoms with Crippen LogP contribution in [0.2, 0.25) is 0 Å². The third-order valence-corrected chi connectivity index (χ3v) is 5.95. The van der Waals surface area contributed by atoms with Gasteiger partial charge < -0.3 is 4.74 Å². The molecule has 0 aliphatic heterocycles. The van der Waals surface area contributed by atoms with E-state index in [9.17, 15) is 17.2 Å². The summed E-state index contributed by atoms with van der Waals surface area (Å²) in [6, 6.07) is 5.84. The second-order valence-electron chi connectivity index (χ2n) is 7.45. The molecule has 2 aromatic heterocycles. The number of halogens is 2. The summed E-state index contributed by atoms with van der Waals surface area (Å²) in [6.07, 6.45) is 4.38. The van der Waals surface area contributed by atoms with Crippen molar-refractivity contribution in [2.75, 3.05) is 19.9 Å². The fourth-order valence-electron chi connectivity index (χ4n) is 2.85. The number of allylic oxidation sites excluding steroid dienone is 4. The van der Waals surface area contributed by atoms with Gasteiger partial charge in [0, 0.05) is 43.5 Å². The molecule has 8 nitrogen and oxygen atoms in total. The molecule has 35 heavy (non-hydrogen) atoms. The molecule has 0 fully saturated rings. The summed E-state index contributed by atoms with van der Waals surface area (Å²) in [7, 11) is -1.71. The van der Waals surface area contributed by atoms with Crippen LogP contribution in [0.3, 0.4) is 0 Å². The quantitative estimate of drug-likeness (QED) is 0.190. The molecule has 0 aliphatic carbocycles. The fourth-order valence-corrected chi connectivity index (χ4v) is 3.41. The predicted octanol–water partition coefficient (Wildman–Crippen LogP) is 4.76. The van der Waals surface area contributed by atoms with Gasteiger partial charge in [0.2, 0.25) is 0 Å². The van der Waals surface area contributed by atoms with Gasteiger partial charge in [0.05, 0.1) is 22.8 Å². The lowest BCUT2D eigenvalue weighted by Gasteiger charge is -2.20. The van der Waals surface area contributed by atoms with Crippen LogP contribution in [0.4, 0.5) is 8.78 Å². The van der Waals surface area contributed by atoms with E-state index >= 15 is 0 Å². The largest absolute Gasteiger partial charge is 0.492 e. The molecule has 0 unspecified atom stereocenters. The van der Waals surface area contributed by atoms with Crippen molar-refractivity contribution in [1.29, 1.82) is 0 Å². The van der Waals surface area contributed by atoms with Crippen molar-refractivity contribution in [3.05, 3.63) is 77.1 Å². The first-order valence-corrected chi connectivity index (χ1v) is 12.2. The Morgan fingerprint density at radius 3 is 2.34 bits per heavy atom. The number of likely N-dealkylation sites (N-methyl/N-ethyl adjacent to an activating group) is 1. The van der Waals surface area contributed by atoms with E-state index in [0.29, 0.717) is 34.0 Å². The third-order valence-electron chi connectivity index (χ3n) is 4.95. The number of pyridine rings is 2. The topological polar surface area (TPSA) is 97.1 Å². The number of sulfone groups is 1. The maximum absolute atomic E-state index is 12.8. The van der Waals surface area contributed by atoms with E-state index in [0.717, 1.165) is 12.5 Å². The normalized spacial score (nSPS) is 13.3. The SMILES string of the molecule is C=N/C(=C\C=C(/C)OC/C(=C(/C)c1ccc(C(F)F)cn1)N(C)N=C)c1ccc(S(C)(=O)=O)nc1. The Balaban J connectivity index is 2.23. The highest BCUT2D eigenvalue weighted by Gasteiger charge is 2.14. The van der Waals surface area contributed by atoms with E-state index in [1.54, 1.807) is 39.1 Å². The van der Waals surface area contributed by atoms with Gasteiger partial charge >= 0.3 is 0 Å². The number of aromatic nitrogens is 2. The molecule has 2 rings (SSSR count). The molecular formula is C24H27F2N5O3S. The van der Waals surface area contributed by atoms with E-state index in [1.807, 2.05) is 0 Å². The zero-order valence-electron chi connectivity index (χ0n) is 19.9. The lowest BCUT2D eigenvalue weighted by atomic mass is 10.1. The summed E-state index contributed by atoms with van der Waals surface area (Å²) in [5.74, 6) is 0.538. The monoisotopic (exact) mass is 503 g/mol. The van der Waals surface area contributed by atoms with E-state index < -0.39 is 16.3 Å². The maximum Gasteiger partial charge on any atom is 0.265 e. The number of rotatable bonds is 11. The Bertz CT molecular complexity index is 1250. The number of aliphatic imine (C=N–C) groups is 1. The first-order chi connectivity index (χ1) is 16.5. The molecule has 0 bridgehead atoms. The van der Waals surface area contributed by atoms with Crippen molar-refractivity contribution in [2.45, 2.75) is 25.3 Å². The van der Waals surface area contributed by atoms with Crippen molar-refractivity contribution in [2.24, 2.45) is 10.1 Å². The molecule has 0 spiro atoms. The van der Waals surface area contributed by atoms with Crippen molar-refractivity contribution in [3.63, 3.8) is 0 Å². The minimum atomic E-state index is -3.40. The van der Waals surface area contributed by atoms with E-state index in [-0.39, 0.29) is 17.2 Å². The van der Waals surface area contributed by atoms with Gasteiger partial charge in [-0.05, 0) is 62.6 Å². The molecule has 0 aliphatic rings. The predicted molar refractivity (Wildman–Crippen MR) is 134 cm³/mol. The van der Waals surface area contributed by atoms with Crippen LogP contribution in [0.15, 0.2) is 75.4 Å². The molecule has 11 heteroatoms. The molecule has 2 heterocycles.